The highest BCUT2D eigenvalue weighted by Crippen LogP contribution is 2.24. The van der Waals surface area contributed by atoms with Crippen LogP contribution in [0.1, 0.15) is 31.2 Å². The molecule has 0 aliphatic carbocycles. The molecule has 1 aromatic carbocycles. The Morgan fingerprint density at radius 1 is 1.25 bits per heavy atom. The van der Waals surface area contributed by atoms with Crippen molar-refractivity contribution in [1.29, 1.82) is 0 Å². The van der Waals surface area contributed by atoms with Crippen LogP contribution in [0.2, 0.25) is 0 Å². The van der Waals surface area contributed by atoms with Crippen LogP contribution in [0.4, 0.5) is 0 Å². The van der Waals surface area contributed by atoms with Crippen LogP contribution < -0.4 is 0 Å². The Morgan fingerprint density at radius 2 is 2.10 bits per heavy atom. The third-order valence-corrected chi connectivity index (χ3v) is 3.68. The normalized spacial score (nSPS) is 11.4. The Hall–Kier alpha value is -1.87. The van der Waals surface area contributed by atoms with Crippen LogP contribution in [0.5, 0.6) is 0 Å². The number of hydrogen-bond acceptors (Lipinski definition) is 2. The Kier molecular flexibility index (Phi) is 3.45. The molecule has 0 N–H and O–H groups in total. The van der Waals surface area contributed by atoms with Crippen molar-refractivity contribution in [2.45, 2.75) is 25.6 Å². The van der Waals surface area contributed by atoms with Gasteiger partial charge in [0.2, 0.25) is 0 Å². The van der Waals surface area contributed by atoms with Gasteiger partial charge in [-0.3, -0.25) is 9.55 Å². The predicted molar refractivity (Wildman–Crippen MR) is 82.5 cm³/mol. The van der Waals surface area contributed by atoms with Gasteiger partial charge in [-0.25, -0.2) is 4.98 Å². The number of benzene rings is 1. The van der Waals surface area contributed by atoms with Crippen molar-refractivity contribution in [2.24, 2.45) is 0 Å². The van der Waals surface area contributed by atoms with Crippen LogP contribution in [-0.4, -0.2) is 14.5 Å². The van der Waals surface area contributed by atoms with Crippen LogP contribution in [0.3, 0.4) is 0 Å². The Bertz CT molecular complexity index is 746. The molecule has 0 radical (unpaired) electrons. The highest BCUT2D eigenvalue weighted by atomic mass is 35.5. The molecule has 3 nitrogen and oxygen atoms in total. The van der Waals surface area contributed by atoms with Gasteiger partial charge >= 0.3 is 0 Å². The van der Waals surface area contributed by atoms with Crippen molar-refractivity contribution in [3.63, 3.8) is 0 Å². The lowest BCUT2D eigenvalue weighted by Gasteiger charge is -2.11. The van der Waals surface area contributed by atoms with Crippen LogP contribution >= 0.6 is 11.6 Å². The molecular weight excluding hydrogens is 270 g/mol. The van der Waals surface area contributed by atoms with Gasteiger partial charge in [-0.05, 0) is 29.7 Å². The van der Waals surface area contributed by atoms with E-state index in [2.05, 4.69) is 52.6 Å². The van der Waals surface area contributed by atoms with Gasteiger partial charge in [0.1, 0.15) is 11.3 Å². The second-order valence-electron chi connectivity index (χ2n) is 5.11. The average Bonchev–Trinajstić information content (AvgIpc) is 2.85. The topological polar surface area (TPSA) is 30.7 Å². The van der Waals surface area contributed by atoms with E-state index in [0.717, 1.165) is 22.5 Å². The maximum absolute atomic E-state index is 6.05. The van der Waals surface area contributed by atoms with Gasteiger partial charge in [0.25, 0.3) is 0 Å². The average molecular weight is 286 g/mol. The molecule has 3 aromatic rings. The number of nitrogens with zero attached hydrogens (tertiary/aromatic N) is 3. The lowest BCUT2D eigenvalue weighted by Crippen LogP contribution is -2.00. The summed E-state index contributed by atoms with van der Waals surface area (Å²) in [5.41, 5.74) is 4.31. The van der Waals surface area contributed by atoms with Crippen LogP contribution in [0.25, 0.3) is 16.7 Å². The lowest BCUT2D eigenvalue weighted by atomic mass is 10.0. The number of fused-ring (bicyclic) bond motifs is 1. The molecule has 0 aliphatic heterocycles. The summed E-state index contributed by atoms with van der Waals surface area (Å²) in [7, 11) is 0. The third kappa shape index (κ3) is 2.18. The summed E-state index contributed by atoms with van der Waals surface area (Å²) in [5.74, 6) is 1.71. The minimum absolute atomic E-state index is 0.376. The highest BCUT2D eigenvalue weighted by molar-refractivity contribution is 6.17. The second-order valence-corrected chi connectivity index (χ2v) is 5.38. The second kappa shape index (κ2) is 5.25. The molecule has 0 saturated carbocycles. The van der Waals surface area contributed by atoms with Gasteiger partial charge in [-0.2, -0.15) is 0 Å². The lowest BCUT2D eigenvalue weighted by molar-refractivity contribution is 0.861. The Balaban J connectivity index is 2.25. The maximum Gasteiger partial charge on any atom is 0.129 e. The van der Waals surface area contributed by atoms with Gasteiger partial charge in [-0.15, -0.1) is 11.6 Å². The first-order chi connectivity index (χ1) is 9.70. The Labute approximate surface area is 123 Å². The highest BCUT2D eigenvalue weighted by Gasteiger charge is 2.12. The summed E-state index contributed by atoms with van der Waals surface area (Å²) >= 11 is 6.05. The third-order valence-electron chi connectivity index (χ3n) is 3.44. The van der Waals surface area contributed by atoms with E-state index in [1.54, 1.807) is 12.4 Å². The van der Waals surface area contributed by atoms with Gasteiger partial charge in [-0.1, -0.05) is 26.0 Å². The number of alkyl halides is 1. The standard InChI is InChI=1S/C16H16ClN3/c1-11(2)12-4-3-5-13(8-12)20-15-6-7-18-10-14(15)19-16(20)9-17/h3-8,10-11H,9H2,1-2H3. The summed E-state index contributed by atoms with van der Waals surface area (Å²) in [4.78, 5) is 8.67. The van der Waals surface area contributed by atoms with E-state index in [4.69, 9.17) is 11.6 Å². The first-order valence-electron chi connectivity index (χ1n) is 6.68. The number of imidazole rings is 1. The zero-order valence-corrected chi connectivity index (χ0v) is 12.3. The smallest absolute Gasteiger partial charge is 0.129 e. The van der Waals surface area contributed by atoms with Gasteiger partial charge < -0.3 is 0 Å². The SMILES string of the molecule is CC(C)c1cccc(-n2c(CCl)nc3cnccc32)c1. The largest absolute Gasteiger partial charge is 0.295 e. The van der Waals surface area contributed by atoms with Crippen LogP contribution in [0, 0.1) is 0 Å². The fraction of sp³-hybridized carbons (Fsp3) is 0.250. The van der Waals surface area contributed by atoms with E-state index in [-0.39, 0.29) is 0 Å². The summed E-state index contributed by atoms with van der Waals surface area (Å²) in [5, 5.41) is 0. The first-order valence-corrected chi connectivity index (χ1v) is 7.22. The molecule has 102 valence electrons. The first kappa shape index (κ1) is 13.1. The summed E-state index contributed by atoms with van der Waals surface area (Å²) in [6.45, 7) is 4.38. The molecule has 2 aromatic heterocycles. The van der Waals surface area contributed by atoms with E-state index in [9.17, 15) is 0 Å². The fourth-order valence-electron chi connectivity index (χ4n) is 2.38. The van der Waals surface area contributed by atoms with Gasteiger partial charge in [0.05, 0.1) is 17.6 Å². The molecule has 0 amide bonds. The molecule has 0 bridgehead atoms. The van der Waals surface area contributed by atoms with Crippen molar-refractivity contribution < 1.29 is 0 Å². The zero-order chi connectivity index (χ0) is 14.1. The summed E-state index contributed by atoms with van der Waals surface area (Å²) < 4.78 is 2.11. The number of pyridine rings is 1. The summed E-state index contributed by atoms with van der Waals surface area (Å²) in [6.07, 6.45) is 3.55. The predicted octanol–water partition coefficient (Wildman–Crippen LogP) is 4.28. The maximum atomic E-state index is 6.05. The Morgan fingerprint density at radius 3 is 2.85 bits per heavy atom. The molecule has 0 saturated heterocycles. The van der Waals surface area contributed by atoms with Gasteiger partial charge in [0.15, 0.2) is 0 Å². The van der Waals surface area contributed by atoms with E-state index in [1.807, 2.05) is 6.07 Å². The monoisotopic (exact) mass is 285 g/mol. The van der Waals surface area contributed by atoms with Crippen molar-refractivity contribution in [2.75, 3.05) is 0 Å². The number of aromatic nitrogens is 3. The number of rotatable bonds is 3. The van der Waals surface area contributed by atoms with E-state index in [1.165, 1.54) is 5.56 Å². The zero-order valence-electron chi connectivity index (χ0n) is 11.5. The van der Waals surface area contributed by atoms with Crippen molar-refractivity contribution in [3.8, 4) is 5.69 Å². The number of halogens is 1. The van der Waals surface area contributed by atoms with Crippen molar-refractivity contribution in [1.82, 2.24) is 14.5 Å². The molecular formula is C16H16ClN3. The van der Waals surface area contributed by atoms with Crippen molar-refractivity contribution >= 4 is 22.6 Å². The van der Waals surface area contributed by atoms with Crippen molar-refractivity contribution in [3.05, 3.63) is 54.1 Å². The summed E-state index contributed by atoms with van der Waals surface area (Å²) in [6, 6.07) is 10.5. The fourth-order valence-corrected chi connectivity index (χ4v) is 2.56. The molecule has 0 aliphatic rings. The molecule has 0 atom stereocenters. The molecule has 20 heavy (non-hydrogen) atoms. The molecule has 0 fully saturated rings. The molecule has 4 heteroatoms. The molecule has 0 spiro atoms. The van der Waals surface area contributed by atoms with E-state index in [0.29, 0.717) is 11.8 Å². The molecule has 3 rings (SSSR count). The van der Waals surface area contributed by atoms with Gasteiger partial charge in [0, 0.05) is 11.9 Å². The van der Waals surface area contributed by atoms with Crippen LogP contribution in [0.15, 0.2) is 42.7 Å². The van der Waals surface area contributed by atoms with E-state index < -0.39 is 0 Å². The quantitative estimate of drug-likeness (QED) is 0.672. The number of hydrogen-bond donors (Lipinski definition) is 0. The minimum atomic E-state index is 0.376. The minimum Gasteiger partial charge on any atom is -0.295 e. The van der Waals surface area contributed by atoms with Crippen LogP contribution in [-0.2, 0) is 5.88 Å². The van der Waals surface area contributed by atoms with E-state index >= 15 is 0 Å². The molecule has 2 heterocycles. The molecule has 0 unspecified atom stereocenters.